The van der Waals surface area contributed by atoms with E-state index in [1.54, 1.807) is 38.1 Å². The van der Waals surface area contributed by atoms with Crippen molar-refractivity contribution in [2.24, 2.45) is 5.41 Å². The number of benzene rings is 2. The number of ketones is 1. The molecule has 0 aliphatic heterocycles. The lowest BCUT2D eigenvalue weighted by molar-refractivity contribution is 0.0945. The molecule has 2 aromatic heterocycles. The number of nitrogens with zero attached hydrogens (tertiary/aromatic N) is 2. The summed E-state index contributed by atoms with van der Waals surface area (Å²) in [6, 6.07) is 14.3. The molecule has 0 bridgehead atoms. The summed E-state index contributed by atoms with van der Waals surface area (Å²) in [6.07, 6.45) is -0.00207. The second kappa shape index (κ2) is 10.0. The molecule has 37 heavy (non-hydrogen) atoms. The number of nitrogens with one attached hydrogen (secondary N) is 1. The summed E-state index contributed by atoms with van der Waals surface area (Å²) in [5.41, 5.74) is 1.31. The third kappa shape index (κ3) is 5.04. The van der Waals surface area contributed by atoms with Crippen molar-refractivity contribution < 1.29 is 23.1 Å². The zero-order valence-corrected chi connectivity index (χ0v) is 21.4. The van der Waals surface area contributed by atoms with Crippen LogP contribution in [0.15, 0.2) is 52.9 Å². The number of aromatic nitrogens is 1. The number of amides is 1. The molecule has 0 aliphatic carbocycles. The van der Waals surface area contributed by atoms with E-state index in [4.69, 9.17) is 20.8 Å². The standard InChI is InChI=1S/C28H23ClFN3O4/c1-28(2,14-31)13-21(34)19-11-16(7-10-22(19)36-4)18-12-20-23(26(35)32-3)24(37-27(20)33-25(18)29)15-5-8-17(30)9-6-15/h5-12H,13H2,1-4H3,(H,32,35). The number of nitriles is 1. The van der Waals surface area contributed by atoms with Gasteiger partial charge >= 0.3 is 0 Å². The summed E-state index contributed by atoms with van der Waals surface area (Å²) >= 11 is 6.53. The number of Topliss-reactive ketones (excluding diaryl/α,β-unsaturated/α-hetero) is 1. The van der Waals surface area contributed by atoms with Gasteiger partial charge in [-0.2, -0.15) is 5.26 Å². The number of hydrogen-bond donors (Lipinski definition) is 1. The van der Waals surface area contributed by atoms with Crippen LogP contribution in [0.5, 0.6) is 5.75 Å². The second-order valence-corrected chi connectivity index (χ2v) is 9.44. The van der Waals surface area contributed by atoms with Gasteiger partial charge in [-0.05, 0) is 61.9 Å². The maximum Gasteiger partial charge on any atom is 0.255 e. The van der Waals surface area contributed by atoms with E-state index in [1.165, 1.54) is 38.4 Å². The largest absolute Gasteiger partial charge is 0.496 e. The van der Waals surface area contributed by atoms with Gasteiger partial charge in [-0.25, -0.2) is 9.37 Å². The van der Waals surface area contributed by atoms with Crippen molar-refractivity contribution in [2.75, 3.05) is 14.2 Å². The fourth-order valence-electron chi connectivity index (χ4n) is 3.99. The predicted octanol–water partition coefficient (Wildman–Crippen LogP) is 6.45. The van der Waals surface area contributed by atoms with E-state index in [0.29, 0.717) is 33.4 Å². The van der Waals surface area contributed by atoms with Gasteiger partial charge < -0.3 is 14.5 Å². The van der Waals surface area contributed by atoms with Gasteiger partial charge in [-0.3, -0.25) is 9.59 Å². The average molecular weight is 520 g/mol. The summed E-state index contributed by atoms with van der Waals surface area (Å²) in [5, 5.41) is 12.4. The molecular weight excluding hydrogens is 497 g/mol. The van der Waals surface area contributed by atoms with Gasteiger partial charge in [0, 0.05) is 24.6 Å². The zero-order chi connectivity index (χ0) is 26.9. The van der Waals surface area contributed by atoms with Crippen LogP contribution in [0.4, 0.5) is 4.39 Å². The first-order chi connectivity index (χ1) is 17.6. The second-order valence-electron chi connectivity index (χ2n) is 9.08. The highest BCUT2D eigenvalue weighted by molar-refractivity contribution is 6.33. The quantitative estimate of drug-likeness (QED) is 0.222. The van der Waals surface area contributed by atoms with E-state index >= 15 is 0 Å². The Morgan fingerprint density at radius 1 is 1.16 bits per heavy atom. The Balaban J connectivity index is 1.90. The number of rotatable bonds is 7. The zero-order valence-electron chi connectivity index (χ0n) is 20.6. The number of carbonyl (C=O) groups excluding carboxylic acids is 2. The van der Waals surface area contributed by atoms with Gasteiger partial charge in [-0.15, -0.1) is 0 Å². The van der Waals surface area contributed by atoms with Gasteiger partial charge in [0.15, 0.2) is 5.78 Å². The minimum absolute atomic E-state index is 0.00207. The molecule has 2 aromatic carbocycles. The van der Waals surface area contributed by atoms with Crippen molar-refractivity contribution in [1.82, 2.24) is 10.3 Å². The molecule has 0 saturated heterocycles. The number of carbonyl (C=O) groups is 2. The molecule has 2 heterocycles. The maximum atomic E-state index is 13.5. The number of halogens is 2. The van der Waals surface area contributed by atoms with E-state index < -0.39 is 17.1 Å². The SMILES string of the molecule is CNC(=O)c1c(-c2ccc(F)cc2)oc2nc(Cl)c(-c3ccc(OC)c(C(=O)CC(C)(C)C#N)c3)cc12. The molecule has 1 N–H and O–H groups in total. The van der Waals surface area contributed by atoms with E-state index in [-0.39, 0.29) is 34.4 Å². The summed E-state index contributed by atoms with van der Waals surface area (Å²) in [6.45, 7) is 3.38. The number of fused-ring (bicyclic) bond motifs is 1. The van der Waals surface area contributed by atoms with Crippen molar-refractivity contribution in [3.8, 4) is 34.3 Å². The summed E-state index contributed by atoms with van der Waals surface area (Å²) in [7, 11) is 2.95. The van der Waals surface area contributed by atoms with Gasteiger partial charge in [0.2, 0.25) is 5.71 Å². The lowest BCUT2D eigenvalue weighted by atomic mass is 9.86. The van der Waals surface area contributed by atoms with E-state index in [9.17, 15) is 19.2 Å². The maximum absolute atomic E-state index is 13.5. The lowest BCUT2D eigenvalue weighted by Gasteiger charge is -2.16. The van der Waals surface area contributed by atoms with Gasteiger partial charge in [-0.1, -0.05) is 17.7 Å². The highest BCUT2D eigenvalue weighted by atomic mass is 35.5. The van der Waals surface area contributed by atoms with Crippen LogP contribution in [-0.4, -0.2) is 30.8 Å². The number of methoxy groups -OCH3 is 1. The minimum Gasteiger partial charge on any atom is -0.496 e. The van der Waals surface area contributed by atoms with Crippen LogP contribution in [0.3, 0.4) is 0 Å². The molecule has 4 aromatic rings. The Labute approximate surface area is 217 Å². The van der Waals surface area contributed by atoms with Crippen molar-refractivity contribution >= 4 is 34.4 Å². The van der Waals surface area contributed by atoms with Crippen LogP contribution in [-0.2, 0) is 0 Å². The summed E-state index contributed by atoms with van der Waals surface area (Å²) in [4.78, 5) is 30.3. The summed E-state index contributed by atoms with van der Waals surface area (Å²) in [5.74, 6) is -0.520. The molecule has 0 aliphatic rings. The molecular formula is C28H23ClFN3O4. The van der Waals surface area contributed by atoms with Crippen molar-refractivity contribution in [1.29, 1.82) is 5.26 Å². The van der Waals surface area contributed by atoms with Gasteiger partial charge in [0.1, 0.15) is 22.5 Å². The fourth-order valence-corrected chi connectivity index (χ4v) is 4.23. The van der Waals surface area contributed by atoms with Crippen LogP contribution >= 0.6 is 11.6 Å². The Morgan fingerprint density at radius 3 is 2.46 bits per heavy atom. The normalized spacial score (nSPS) is 11.3. The van der Waals surface area contributed by atoms with Crippen LogP contribution in [0, 0.1) is 22.6 Å². The predicted molar refractivity (Wildman–Crippen MR) is 138 cm³/mol. The highest BCUT2D eigenvalue weighted by Crippen LogP contribution is 2.39. The number of furan rings is 1. The first-order valence-corrected chi connectivity index (χ1v) is 11.7. The molecule has 0 spiro atoms. The van der Waals surface area contributed by atoms with E-state index in [2.05, 4.69) is 16.4 Å². The Morgan fingerprint density at radius 2 is 1.84 bits per heavy atom. The Kier molecular flexibility index (Phi) is 7.01. The molecule has 0 saturated carbocycles. The van der Waals surface area contributed by atoms with Crippen LogP contribution in [0.1, 0.15) is 41.0 Å². The molecule has 0 atom stereocenters. The highest BCUT2D eigenvalue weighted by Gasteiger charge is 2.26. The Bertz CT molecular complexity index is 1570. The molecule has 0 fully saturated rings. The first kappa shape index (κ1) is 25.9. The van der Waals surface area contributed by atoms with Gasteiger partial charge in [0.05, 0.1) is 35.1 Å². The van der Waals surface area contributed by atoms with Crippen LogP contribution < -0.4 is 10.1 Å². The molecule has 1 amide bonds. The molecule has 0 radical (unpaired) electrons. The molecule has 188 valence electrons. The van der Waals surface area contributed by atoms with E-state index in [1.807, 2.05) is 0 Å². The minimum atomic E-state index is -0.855. The number of hydrogen-bond acceptors (Lipinski definition) is 6. The van der Waals surface area contributed by atoms with Crippen molar-refractivity contribution in [3.05, 3.63) is 70.6 Å². The van der Waals surface area contributed by atoms with Crippen LogP contribution in [0.25, 0.3) is 33.6 Å². The topological polar surface area (TPSA) is 105 Å². The molecule has 9 heteroatoms. The number of ether oxygens (including phenoxy) is 1. The summed E-state index contributed by atoms with van der Waals surface area (Å²) < 4.78 is 24.8. The molecule has 0 unspecified atom stereocenters. The molecule has 7 nitrogen and oxygen atoms in total. The third-order valence-electron chi connectivity index (χ3n) is 5.91. The fraction of sp³-hybridized carbons (Fsp3) is 0.214. The number of pyridine rings is 1. The average Bonchev–Trinajstić information content (AvgIpc) is 3.25. The lowest BCUT2D eigenvalue weighted by Crippen LogP contribution is -2.18. The third-order valence-corrected chi connectivity index (χ3v) is 6.20. The van der Waals surface area contributed by atoms with Crippen LogP contribution in [0.2, 0.25) is 5.15 Å². The van der Waals surface area contributed by atoms with Crippen molar-refractivity contribution in [2.45, 2.75) is 20.3 Å². The monoisotopic (exact) mass is 519 g/mol. The first-order valence-electron chi connectivity index (χ1n) is 11.3. The smallest absolute Gasteiger partial charge is 0.255 e. The van der Waals surface area contributed by atoms with E-state index in [0.717, 1.165) is 0 Å². The van der Waals surface area contributed by atoms with Crippen molar-refractivity contribution in [3.63, 3.8) is 0 Å². The molecule has 4 rings (SSSR count). The van der Waals surface area contributed by atoms with Gasteiger partial charge in [0.25, 0.3) is 5.91 Å². The Hall–Kier alpha value is -4.22.